The number of fused-ring (bicyclic) bond motifs is 8. The smallest absolute Gasteiger partial charge is 0.0926 e. The van der Waals surface area contributed by atoms with E-state index in [-0.39, 0.29) is 5.41 Å². The number of hydrogen-bond donors (Lipinski definition) is 0. The third-order valence-electron chi connectivity index (χ3n) is 5.39. The van der Waals surface area contributed by atoms with Crippen LogP contribution in [0.25, 0.3) is 11.1 Å². The summed E-state index contributed by atoms with van der Waals surface area (Å²) in [4.78, 5) is 10.0. The minimum absolute atomic E-state index is 0.383. The van der Waals surface area contributed by atoms with Gasteiger partial charge >= 0.3 is 0 Å². The van der Waals surface area contributed by atoms with Crippen molar-refractivity contribution in [3.63, 3.8) is 0 Å². The summed E-state index contributed by atoms with van der Waals surface area (Å²) < 4.78 is 0. The quantitative estimate of drug-likeness (QED) is 0.617. The maximum absolute atomic E-state index is 5.01. The van der Waals surface area contributed by atoms with Crippen molar-refractivity contribution in [3.8, 4) is 0 Å². The van der Waals surface area contributed by atoms with E-state index < -0.39 is 0 Å². The van der Waals surface area contributed by atoms with Gasteiger partial charge in [-0.1, -0.05) is 72.9 Å². The zero-order chi connectivity index (χ0) is 16.4. The number of hydrogen-bond acceptors (Lipinski definition) is 2. The Morgan fingerprint density at radius 2 is 1.08 bits per heavy atom. The second-order valence-corrected chi connectivity index (χ2v) is 6.70. The lowest BCUT2D eigenvalue weighted by molar-refractivity contribution is 0.950. The van der Waals surface area contributed by atoms with Crippen molar-refractivity contribution in [2.75, 3.05) is 0 Å². The molecule has 116 valence electrons. The summed E-state index contributed by atoms with van der Waals surface area (Å²) in [6, 6.07) is 16.7. The van der Waals surface area contributed by atoms with Crippen molar-refractivity contribution in [3.05, 3.63) is 96.1 Å². The van der Waals surface area contributed by atoms with Crippen molar-refractivity contribution < 1.29 is 0 Å². The molecule has 4 aliphatic rings. The van der Waals surface area contributed by atoms with E-state index in [1.54, 1.807) is 0 Å². The van der Waals surface area contributed by atoms with Gasteiger partial charge in [0.25, 0.3) is 0 Å². The second-order valence-electron chi connectivity index (χ2n) is 6.70. The zero-order valence-electron chi connectivity index (χ0n) is 13.5. The van der Waals surface area contributed by atoms with E-state index in [1.165, 1.54) is 22.3 Å². The summed E-state index contributed by atoms with van der Waals surface area (Å²) in [5.41, 5.74) is 8.73. The first-order chi connectivity index (χ1) is 12.4. The fourth-order valence-corrected chi connectivity index (χ4v) is 4.26. The molecule has 2 aliphatic heterocycles. The Hall–Kier alpha value is -3.26. The second kappa shape index (κ2) is 4.42. The normalized spacial score (nSPS) is 20.2. The highest BCUT2D eigenvalue weighted by Crippen LogP contribution is 2.51. The molecule has 0 saturated heterocycles. The van der Waals surface area contributed by atoms with E-state index in [2.05, 4.69) is 72.9 Å². The lowest BCUT2D eigenvalue weighted by atomic mass is 9.68. The molecule has 0 radical (unpaired) electrons. The van der Waals surface area contributed by atoms with Gasteiger partial charge in [-0.2, -0.15) is 0 Å². The molecule has 2 heterocycles. The lowest BCUT2D eigenvalue weighted by Crippen LogP contribution is -2.37. The van der Waals surface area contributed by atoms with Gasteiger partial charge in [0.2, 0.25) is 0 Å². The van der Waals surface area contributed by atoms with Crippen LogP contribution in [0.3, 0.4) is 0 Å². The standard InChI is InChI=1S/C23H14N2/c1-3-11-19-15(7-1)17-9-5-13-23(21(17)24-19)14-6-10-18-16-8-2-4-12-20(16)25-22(18)23/h1-14H. The van der Waals surface area contributed by atoms with Gasteiger partial charge in [-0.05, 0) is 12.1 Å². The van der Waals surface area contributed by atoms with Gasteiger partial charge in [-0.25, -0.2) is 0 Å². The Balaban J connectivity index is 1.60. The van der Waals surface area contributed by atoms with Gasteiger partial charge in [-0.15, -0.1) is 0 Å². The molecule has 2 aromatic carbocycles. The average molecular weight is 318 g/mol. The Morgan fingerprint density at radius 3 is 1.60 bits per heavy atom. The molecule has 2 aliphatic carbocycles. The molecule has 2 heteroatoms. The fraction of sp³-hybridized carbons (Fsp3) is 0.0435. The maximum Gasteiger partial charge on any atom is 0.0926 e. The third kappa shape index (κ3) is 1.54. The summed E-state index contributed by atoms with van der Waals surface area (Å²) in [6.07, 6.45) is 13.1. The van der Waals surface area contributed by atoms with Gasteiger partial charge in [0.05, 0.1) is 28.2 Å². The van der Waals surface area contributed by atoms with Crippen molar-refractivity contribution in [1.29, 1.82) is 0 Å². The Labute approximate surface area is 146 Å². The van der Waals surface area contributed by atoms with Crippen molar-refractivity contribution in [1.82, 2.24) is 0 Å². The van der Waals surface area contributed by atoms with Crippen LogP contribution in [0.5, 0.6) is 0 Å². The molecule has 25 heavy (non-hydrogen) atoms. The zero-order valence-corrected chi connectivity index (χ0v) is 13.5. The van der Waals surface area contributed by atoms with Gasteiger partial charge in [0.15, 0.2) is 0 Å². The highest BCUT2D eigenvalue weighted by Gasteiger charge is 2.46. The van der Waals surface area contributed by atoms with Crippen LogP contribution < -0.4 is 0 Å². The first-order valence-electron chi connectivity index (χ1n) is 8.54. The van der Waals surface area contributed by atoms with Gasteiger partial charge in [0, 0.05) is 22.3 Å². The summed E-state index contributed by atoms with van der Waals surface area (Å²) in [5, 5.41) is 0. The van der Waals surface area contributed by atoms with E-state index in [1.807, 2.05) is 12.1 Å². The Morgan fingerprint density at radius 1 is 0.600 bits per heavy atom. The van der Waals surface area contributed by atoms with E-state index in [9.17, 15) is 0 Å². The largest absolute Gasteiger partial charge is 0.250 e. The van der Waals surface area contributed by atoms with Crippen LogP contribution >= 0.6 is 0 Å². The van der Waals surface area contributed by atoms with E-state index in [0.717, 1.165) is 22.8 Å². The first-order valence-corrected chi connectivity index (χ1v) is 8.54. The molecule has 0 saturated carbocycles. The first kappa shape index (κ1) is 13.1. The van der Waals surface area contributed by atoms with Gasteiger partial charge in [0.1, 0.15) is 0 Å². The highest BCUT2D eigenvalue weighted by atomic mass is 14.9. The number of rotatable bonds is 0. The Bertz CT molecular complexity index is 1040. The summed E-state index contributed by atoms with van der Waals surface area (Å²) in [7, 11) is 0. The van der Waals surface area contributed by atoms with Crippen LogP contribution in [0.15, 0.2) is 95.0 Å². The molecular weight excluding hydrogens is 304 g/mol. The highest BCUT2D eigenvalue weighted by molar-refractivity contribution is 6.47. The Kier molecular flexibility index (Phi) is 2.31. The predicted octanol–water partition coefficient (Wildman–Crippen LogP) is 5.45. The number of benzene rings is 2. The van der Waals surface area contributed by atoms with Gasteiger partial charge in [-0.3, -0.25) is 9.98 Å². The number of aliphatic imine (C=N–C) groups is 2. The molecule has 0 aromatic heterocycles. The van der Waals surface area contributed by atoms with Crippen molar-refractivity contribution in [2.45, 2.75) is 0 Å². The third-order valence-corrected chi connectivity index (χ3v) is 5.39. The molecular formula is C23H14N2. The lowest BCUT2D eigenvalue weighted by Gasteiger charge is -2.33. The van der Waals surface area contributed by atoms with Crippen LogP contribution in [-0.4, -0.2) is 11.4 Å². The van der Waals surface area contributed by atoms with Crippen LogP contribution in [0.2, 0.25) is 0 Å². The topological polar surface area (TPSA) is 24.7 Å². The van der Waals surface area contributed by atoms with E-state index in [0.29, 0.717) is 0 Å². The number of para-hydroxylation sites is 2. The maximum atomic E-state index is 5.01. The molecule has 0 unspecified atom stereocenters. The molecule has 1 spiro atoms. The minimum atomic E-state index is -0.383. The van der Waals surface area contributed by atoms with Crippen LogP contribution in [0, 0.1) is 5.41 Å². The van der Waals surface area contributed by atoms with Crippen LogP contribution in [0.1, 0.15) is 11.1 Å². The van der Waals surface area contributed by atoms with E-state index >= 15 is 0 Å². The molecule has 0 atom stereocenters. The summed E-state index contributed by atoms with van der Waals surface area (Å²) in [6.45, 7) is 0. The monoisotopic (exact) mass is 318 g/mol. The van der Waals surface area contributed by atoms with Crippen LogP contribution in [0.4, 0.5) is 11.4 Å². The fourth-order valence-electron chi connectivity index (χ4n) is 4.26. The molecule has 0 fully saturated rings. The molecule has 2 aromatic rings. The van der Waals surface area contributed by atoms with Crippen molar-refractivity contribution >= 4 is 33.9 Å². The molecule has 2 nitrogen and oxygen atoms in total. The summed E-state index contributed by atoms with van der Waals surface area (Å²) in [5.74, 6) is 0. The molecule has 0 amide bonds. The molecule has 6 rings (SSSR count). The predicted molar refractivity (Wildman–Crippen MR) is 104 cm³/mol. The van der Waals surface area contributed by atoms with Crippen molar-refractivity contribution in [2.24, 2.45) is 15.4 Å². The SMILES string of the molecule is C1=CC2(C=CC=C3C2=Nc2ccccc23)C2=Nc3ccccc3C2=C1. The van der Waals surface area contributed by atoms with Gasteiger partial charge < -0.3 is 0 Å². The van der Waals surface area contributed by atoms with E-state index in [4.69, 9.17) is 9.98 Å². The van der Waals surface area contributed by atoms with Crippen LogP contribution in [-0.2, 0) is 0 Å². The minimum Gasteiger partial charge on any atom is -0.250 e. The number of nitrogens with zero attached hydrogens (tertiary/aromatic N) is 2. The summed E-state index contributed by atoms with van der Waals surface area (Å²) >= 11 is 0. The number of allylic oxidation sites excluding steroid dienone is 8. The average Bonchev–Trinajstić information content (AvgIpc) is 3.23. The molecule has 0 N–H and O–H groups in total. The molecule has 0 bridgehead atoms.